The lowest BCUT2D eigenvalue weighted by atomic mass is 10.1. The summed E-state index contributed by atoms with van der Waals surface area (Å²) in [6.07, 6.45) is 2.10. The van der Waals surface area contributed by atoms with Crippen molar-refractivity contribution in [3.8, 4) is 0 Å². The van der Waals surface area contributed by atoms with Gasteiger partial charge in [0.2, 0.25) is 17.8 Å². The van der Waals surface area contributed by atoms with Crippen molar-refractivity contribution in [2.45, 2.75) is 12.8 Å². The van der Waals surface area contributed by atoms with E-state index in [-0.39, 0.29) is 12.0 Å². The molecule has 21 heavy (non-hydrogen) atoms. The molecule has 0 aromatic carbocycles. The van der Waals surface area contributed by atoms with Crippen molar-refractivity contribution in [1.29, 1.82) is 0 Å². The molecule has 0 bridgehead atoms. The Balaban J connectivity index is 1.73. The Kier molecular flexibility index (Phi) is 4.07. The van der Waals surface area contributed by atoms with Gasteiger partial charge in [0.15, 0.2) is 0 Å². The molecule has 2 fully saturated rings. The van der Waals surface area contributed by atoms with Crippen LogP contribution in [0.5, 0.6) is 0 Å². The topological polar surface area (TPSA) is 95.4 Å². The van der Waals surface area contributed by atoms with Crippen molar-refractivity contribution in [2.24, 2.45) is 5.41 Å². The van der Waals surface area contributed by atoms with Crippen LogP contribution >= 0.6 is 0 Å². The molecule has 2 aliphatic rings. The smallest absolute Gasteiger partial charge is 0.232 e. The number of nitrogens with zero attached hydrogens (tertiary/aromatic N) is 4. The predicted molar refractivity (Wildman–Crippen MR) is 79.6 cm³/mol. The fraction of sp³-hybridized carbons (Fsp3) is 0.769. The molecular weight excluding hydrogens is 272 g/mol. The second-order valence-corrected chi connectivity index (χ2v) is 5.64. The first-order valence-corrected chi connectivity index (χ1v) is 7.36. The number of ether oxygens (including phenoxy) is 1. The monoisotopic (exact) mass is 294 g/mol. The number of aromatic nitrogens is 3. The Morgan fingerprint density at radius 1 is 1.19 bits per heavy atom. The zero-order valence-corrected chi connectivity index (χ0v) is 12.3. The van der Waals surface area contributed by atoms with Gasteiger partial charge < -0.3 is 25.4 Å². The van der Waals surface area contributed by atoms with E-state index in [2.05, 4.69) is 30.5 Å². The van der Waals surface area contributed by atoms with E-state index in [9.17, 15) is 5.11 Å². The minimum absolute atomic E-state index is 0.0194. The maximum atomic E-state index is 9.37. The average molecular weight is 294 g/mol. The van der Waals surface area contributed by atoms with E-state index < -0.39 is 0 Å². The van der Waals surface area contributed by atoms with Gasteiger partial charge in [0.25, 0.3) is 0 Å². The zero-order chi connectivity index (χ0) is 14.7. The largest absolute Gasteiger partial charge is 0.396 e. The molecule has 0 radical (unpaired) electrons. The summed E-state index contributed by atoms with van der Waals surface area (Å²) < 4.78 is 5.35. The van der Waals surface area contributed by atoms with Gasteiger partial charge in [-0.25, -0.2) is 0 Å². The summed E-state index contributed by atoms with van der Waals surface area (Å²) in [5, 5.41) is 15.6. The Labute approximate surface area is 123 Å². The minimum atomic E-state index is 0.0194. The lowest BCUT2D eigenvalue weighted by molar-refractivity contribution is 0.122. The van der Waals surface area contributed by atoms with E-state index in [1.54, 1.807) is 7.05 Å². The van der Waals surface area contributed by atoms with Gasteiger partial charge in [0.1, 0.15) is 0 Å². The summed E-state index contributed by atoms with van der Waals surface area (Å²) in [5.74, 6) is 1.76. The zero-order valence-electron chi connectivity index (χ0n) is 12.3. The molecule has 2 heterocycles. The summed E-state index contributed by atoms with van der Waals surface area (Å²) in [7, 11) is 1.79. The van der Waals surface area contributed by atoms with Gasteiger partial charge in [-0.2, -0.15) is 15.0 Å². The van der Waals surface area contributed by atoms with E-state index >= 15 is 0 Å². The lowest BCUT2D eigenvalue weighted by Gasteiger charge is -2.27. The van der Waals surface area contributed by atoms with Crippen LogP contribution in [0.3, 0.4) is 0 Å². The van der Waals surface area contributed by atoms with E-state index in [1.165, 1.54) is 0 Å². The van der Waals surface area contributed by atoms with Gasteiger partial charge in [-0.1, -0.05) is 0 Å². The lowest BCUT2D eigenvalue weighted by Crippen LogP contribution is -2.37. The summed E-state index contributed by atoms with van der Waals surface area (Å²) in [6.45, 7) is 3.85. The first-order valence-electron chi connectivity index (χ1n) is 7.36. The van der Waals surface area contributed by atoms with Gasteiger partial charge in [0.05, 0.1) is 19.8 Å². The Morgan fingerprint density at radius 3 is 2.52 bits per heavy atom. The van der Waals surface area contributed by atoms with Gasteiger partial charge >= 0.3 is 0 Å². The number of morpholine rings is 1. The minimum Gasteiger partial charge on any atom is -0.396 e. The average Bonchev–Trinajstić information content (AvgIpc) is 3.34. The molecule has 0 unspecified atom stereocenters. The second kappa shape index (κ2) is 5.98. The molecule has 1 aliphatic carbocycles. The number of aliphatic hydroxyl groups is 1. The summed E-state index contributed by atoms with van der Waals surface area (Å²) in [4.78, 5) is 15.3. The van der Waals surface area contributed by atoms with Crippen LogP contribution in [0.15, 0.2) is 0 Å². The highest BCUT2D eigenvalue weighted by molar-refractivity contribution is 5.44. The van der Waals surface area contributed by atoms with Crippen LogP contribution in [0, 0.1) is 5.41 Å². The third-order valence-electron chi connectivity index (χ3n) is 4.06. The first kappa shape index (κ1) is 14.3. The molecule has 1 saturated heterocycles. The van der Waals surface area contributed by atoms with E-state index in [1.807, 2.05) is 0 Å². The van der Waals surface area contributed by atoms with Crippen molar-refractivity contribution in [1.82, 2.24) is 15.0 Å². The van der Waals surface area contributed by atoms with E-state index in [0.29, 0.717) is 37.6 Å². The summed E-state index contributed by atoms with van der Waals surface area (Å²) in [6, 6.07) is 0. The maximum absolute atomic E-state index is 9.37. The number of hydrogen-bond acceptors (Lipinski definition) is 8. The van der Waals surface area contributed by atoms with Crippen molar-refractivity contribution in [3.05, 3.63) is 0 Å². The van der Waals surface area contributed by atoms with E-state index in [4.69, 9.17) is 4.74 Å². The van der Waals surface area contributed by atoms with Gasteiger partial charge in [-0.15, -0.1) is 0 Å². The number of aliphatic hydroxyl groups excluding tert-OH is 1. The Morgan fingerprint density at radius 2 is 1.90 bits per heavy atom. The number of anilines is 3. The Bertz CT molecular complexity index is 488. The van der Waals surface area contributed by atoms with Crippen molar-refractivity contribution in [3.63, 3.8) is 0 Å². The van der Waals surface area contributed by atoms with Crippen LogP contribution < -0.4 is 15.5 Å². The third-order valence-corrected chi connectivity index (χ3v) is 4.06. The maximum Gasteiger partial charge on any atom is 0.232 e. The van der Waals surface area contributed by atoms with Crippen LogP contribution in [-0.2, 0) is 4.74 Å². The Hall–Kier alpha value is -1.67. The molecular formula is C13H22N6O2. The van der Waals surface area contributed by atoms with Crippen LogP contribution in [-0.4, -0.2) is 66.6 Å². The SMILES string of the molecule is CNc1nc(NCC2(CO)CC2)nc(N2CCOCC2)n1. The van der Waals surface area contributed by atoms with Gasteiger partial charge in [0, 0.05) is 32.1 Å². The fourth-order valence-electron chi connectivity index (χ4n) is 2.29. The quantitative estimate of drug-likeness (QED) is 0.671. The van der Waals surface area contributed by atoms with Crippen LogP contribution in [0.4, 0.5) is 17.8 Å². The molecule has 8 heteroatoms. The number of hydrogen-bond donors (Lipinski definition) is 3. The molecule has 3 rings (SSSR count). The van der Waals surface area contributed by atoms with Crippen molar-refractivity contribution >= 4 is 17.8 Å². The molecule has 3 N–H and O–H groups in total. The number of rotatable bonds is 6. The molecule has 1 aliphatic heterocycles. The molecule has 1 aromatic heterocycles. The molecule has 116 valence electrons. The second-order valence-electron chi connectivity index (χ2n) is 5.64. The predicted octanol–water partition coefficient (Wildman–Crippen LogP) is -0.0657. The van der Waals surface area contributed by atoms with Crippen LogP contribution in [0.25, 0.3) is 0 Å². The van der Waals surface area contributed by atoms with Crippen molar-refractivity contribution in [2.75, 3.05) is 62.0 Å². The molecule has 1 aromatic rings. The third kappa shape index (κ3) is 3.33. The standard InChI is InChI=1S/C13H22N6O2/c1-14-10-16-11(15-8-13(9-20)2-3-13)18-12(17-10)19-4-6-21-7-5-19/h20H,2-9H2,1H3,(H2,14,15,16,17,18). The molecule has 0 atom stereocenters. The summed E-state index contributed by atoms with van der Waals surface area (Å²) >= 11 is 0. The van der Waals surface area contributed by atoms with Crippen LogP contribution in [0.1, 0.15) is 12.8 Å². The van der Waals surface area contributed by atoms with E-state index in [0.717, 1.165) is 25.9 Å². The highest BCUT2D eigenvalue weighted by Gasteiger charge is 2.41. The number of nitrogens with one attached hydrogen (secondary N) is 2. The molecule has 8 nitrogen and oxygen atoms in total. The van der Waals surface area contributed by atoms with Crippen LogP contribution in [0.2, 0.25) is 0 Å². The highest BCUT2D eigenvalue weighted by Crippen LogP contribution is 2.44. The van der Waals surface area contributed by atoms with Crippen molar-refractivity contribution < 1.29 is 9.84 Å². The highest BCUT2D eigenvalue weighted by atomic mass is 16.5. The normalized spacial score (nSPS) is 20.2. The molecule has 0 spiro atoms. The molecule has 0 amide bonds. The molecule has 1 saturated carbocycles. The fourth-order valence-corrected chi connectivity index (χ4v) is 2.29. The van der Waals surface area contributed by atoms with Gasteiger partial charge in [-0.3, -0.25) is 0 Å². The summed E-state index contributed by atoms with van der Waals surface area (Å²) in [5.41, 5.74) is 0.0194. The van der Waals surface area contributed by atoms with Gasteiger partial charge in [-0.05, 0) is 12.8 Å². The first-order chi connectivity index (χ1) is 10.2.